The first-order valence-electron chi connectivity index (χ1n) is 5.58. The van der Waals surface area contributed by atoms with E-state index >= 15 is 0 Å². The molecular formula is C12H12ClF2N5. The standard InChI is InChI=1S/C12H12ClF2N5/c13-7-1-2-8(14)6(10(7)15)3-5-4-9(16)19-12(20-18)11(5)17/h1-2,4H,3,17-18H2,(H3,16,19,20). The van der Waals surface area contributed by atoms with Gasteiger partial charge in [-0.15, -0.1) is 0 Å². The Morgan fingerprint density at radius 3 is 2.60 bits per heavy atom. The topological polar surface area (TPSA) is 103 Å². The lowest BCUT2D eigenvalue weighted by atomic mass is 10.0. The number of nitrogen functional groups attached to an aromatic ring is 3. The molecule has 2 aromatic rings. The quantitative estimate of drug-likeness (QED) is 0.394. The average molecular weight is 300 g/mol. The van der Waals surface area contributed by atoms with Crippen molar-refractivity contribution in [1.29, 1.82) is 0 Å². The summed E-state index contributed by atoms with van der Waals surface area (Å²) >= 11 is 5.64. The number of benzene rings is 1. The zero-order chi connectivity index (χ0) is 14.9. The van der Waals surface area contributed by atoms with Gasteiger partial charge in [0, 0.05) is 12.0 Å². The molecule has 0 fully saturated rings. The smallest absolute Gasteiger partial charge is 0.165 e. The molecule has 0 amide bonds. The predicted octanol–water partition coefficient (Wildman–Crippen LogP) is 2.05. The number of aromatic nitrogens is 1. The van der Waals surface area contributed by atoms with E-state index in [1.165, 1.54) is 6.07 Å². The largest absolute Gasteiger partial charge is 0.395 e. The Hall–Kier alpha value is -2.12. The highest BCUT2D eigenvalue weighted by Gasteiger charge is 2.16. The van der Waals surface area contributed by atoms with Crippen LogP contribution in [0.15, 0.2) is 18.2 Å². The fourth-order valence-corrected chi connectivity index (χ4v) is 1.98. The lowest BCUT2D eigenvalue weighted by Gasteiger charge is -2.12. The number of hydrogen-bond donors (Lipinski definition) is 4. The summed E-state index contributed by atoms with van der Waals surface area (Å²) in [4.78, 5) is 3.86. The molecule has 106 valence electrons. The van der Waals surface area contributed by atoms with Crippen LogP contribution in [-0.2, 0) is 6.42 Å². The Morgan fingerprint density at radius 1 is 1.25 bits per heavy atom. The van der Waals surface area contributed by atoms with Crippen LogP contribution in [0.5, 0.6) is 0 Å². The molecule has 7 N–H and O–H groups in total. The highest BCUT2D eigenvalue weighted by molar-refractivity contribution is 6.30. The van der Waals surface area contributed by atoms with Crippen molar-refractivity contribution in [2.75, 3.05) is 16.9 Å². The van der Waals surface area contributed by atoms with Crippen LogP contribution in [0.4, 0.5) is 26.1 Å². The van der Waals surface area contributed by atoms with E-state index in [0.29, 0.717) is 5.56 Å². The highest BCUT2D eigenvalue weighted by Crippen LogP contribution is 2.28. The molecule has 5 nitrogen and oxygen atoms in total. The number of nitrogens with zero attached hydrogens (tertiary/aromatic N) is 1. The van der Waals surface area contributed by atoms with Crippen LogP contribution in [0.2, 0.25) is 5.02 Å². The van der Waals surface area contributed by atoms with E-state index in [-0.39, 0.29) is 34.3 Å². The minimum absolute atomic E-state index is 0.120. The predicted molar refractivity (Wildman–Crippen MR) is 75.0 cm³/mol. The maximum absolute atomic E-state index is 13.9. The molecule has 2 rings (SSSR count). The van der Waals surface area contributed by atoms with Crippen molar-refractivity contribution >= 4 is 28.9 Å². The van der Waals surface area contributed by atoms with Crippen molar-refractivity contribution < 1.29 is 8.78 Å². The van der Waals surface area contributed by atoms with Crippen molar-refractivity contribution in [2.24, 2.45) is 5.84 Å². The van der Waals surface area contributed by atoms with E-state index in [9.17, 15) is 8.78 Å². The lowest BCUT2D eigenvalue weighted by Crippen LogP contribution is -2.14. The maximum Gasteiger partial charge on any atom is 0.165 e. The SMILES string of the molecule is NNc1nc(N)cc(Cc2c(F)ccc(Cl)c2F)c1N. The number of halogens is 3. The Balaban J connectivity index is 2.50. The van der Waals surface area contributed by atoms with Gasteiger partial charge in [-0.25, -0.2) is 19.6 Å². The van der Waals surface area contributed by atoms with E-state index in [1.807, 2.05) is 0 Å². The summed E-state index contributed by atoms with van der Waals surface area (Å²) in [6, 6.07) is 3.66. The van der Waals surface area contributed by atoms with Crippen LogP contribution in [0, 0.1) is 11.6 Å². The molecule has 20 heavy (non-hydrogen) atoms. The third-order valence-corrected chi connectivity index (χ3v) is 3.10. The molecule has 1 aromatic carbocycles. The van der Waals surface area contributed by atoms with Crippen molar-refractivity contribution in [3.8, 4) is 0 Å². The fraction of sp³-hybridized carbons (Fsp3) is 0.0833. The number of nitrogens with one attached hydrogen (secondary N) is 1. The minimum Gasteiger partial charge on any atom is -0.395 e. The summed E-state index contributed by atoms with van der Waals surface area (Å²) in [5, 5.41) is -0.167. The summed E-state index contributed by atoms with van der Waals surface area (Å²) < 4.78 is 27.6. The summed E-state index contributed by atoms with van der Waals surface area (Å²) in [5.74, 6) is 3.97. The van der Waals surface area contributed by atoms with Gasteiger partial charge in [0.25, 0.3) is 0 Å². The van der Waals surface area contributed by atoms with Gasteiger partial charge in [0.2, 0.25) is 0 Å². The molecule has 0 bridgehead atoms. The molecular weight excluding hydrogens is 288 g/mol. The van der Waals surface area contributed by atoms with E-state index in [2.05, 4.69) is 10.4 Å². The molecule has 0 aliphatic heterocycles. The molecule has 0 aliphatic rings. The van der Waals surface area contributed by atoms with Gasteiger partial charge < -0.3 is 16.9 Å². The fourth-order valence-electron chi connectivity index (χ4n) is 1.81. The van der Waals surface area contributed by atoms with Gasteiger partial charge in [0.05, 0.1) is 10.7 Å². The number of rotatable bonds is 3. The van der Waals surface area contributed by atoms with Gasteiger partial charge in [-0.05, 0) is 23.8 Å². The second kappa shape index (κ2) is 5.48. The zero-order valence-electron chi connectivity index (χ0n) is 10.3. The van der Waals surface area contributed by atoms with Crippen LogP contribution in [0.3, 0.4) is 0 Å². The third kappa shape index (κ3) is 2.59. The molecule has 0 saturated heterocycles. The summed E-state index contributed by atoms with van der Waals surface area (Å²) in [6.45, 7) is 0. The van der Waals surface area contributed by atoms with Crippen LogP contribution < -0.4 is 22.7 Å². The molecule has 8 heteroatoms. The van der Waals surface area contributed by atoms with E-state index < -0.39 is 11.6 Å². The van der Waals surface area contributed by atoms with E-state index in [4.69, 9.17) is 28.9 Å². The summed E-state index contributed by atoms with van der Waals surface area (Å²) in [7, 11) is 0. The number of anilines is 3. The lowest BCUT2D eigenvalue weighted by molar-refractivity contribution is 0.562. The average Bonchev–Trinajstić information content (AvgIpc) is 2.42. The molecule has 0 aliphatic carbocycles. The van der Waals surface area contributed by atoms with Gasteiger partial charge in [0.1, 0.15) is 17.5 Å². The van der Waals surface area contributed by atoms with Crippen molar-refractivity contribution in [2.45, 2.75) is 6.42 Å². The first-order chi connectivity index (χ1) is 9.43. The van der Waals surface area contributed by atoms with Crippen molar-refractivity contribution in [3.05, 3.63) is 46.0 Å². The molecule has 1 heterocycles. The van der Waals surface area contributed by atoms with Gasteiger partial charge in [-0.1, -0.05) is 11.6 Å². The van der Waals surface area contributed by atoms with Gasteiger partial charge in [-0.3, -0.25) is 0 Å². The molecule has 0 radical (unpaired) electrons. The van der Waals surface area contributed by atoms with Gasteiger partial charge in [0.15, 0.2) is 5.82 Å². The first-order valence-corrected chi connectivity index (χ1v) is 5.95. The molecule has 0 unspecified atom stereocenters. The number of pyridine rings is 1. The molecule has 0 atom stereocenters. The Morgan fingerprint density at radius 2 is 1.95 bits per heavy atom. The second-order valence-electron chi connectivity index (χ2n) is 4.11. The zero-order valence-corrected chi connectivity index (χ0v) is 11.0. The Labute approximate surface area is 118 Å². The van der Waals surface area contributed by atoms with Crippen LogP contribution in [0.25, 0.3) is 0 Å². The Bertz CT molecular complexity index is 663. The van der Waals surface area contributed by atoms with Crippen molar-refractivity contribution in [3.63, 3.8) is 0 Å². The molecule has 0 spiro atoms. The minimum atomic E-state index is -0.830. The third-order valence-electron chi connectivity index (χ3n) is 2.81. The summed E-state index contributed by atoms with van der Waals surface area (Å²) in [6.07, 6.45) is -0.120. The van der Waals surface area contributed by atoms with Crippen LogP contribution >= 0.6 is 11.6 Å². The Kier molecular flexibility index (Phi) is 3.91. The second-order valence-corrected chi connectivity index (χ2v) is 4.52. The van der Waals surface area contributed by atoms with Gasteiger partial charge in [-0.2, -0.15) is 0 Å². The summed E-state index contributed by atoms with van der Waals surface area (Å²) in [5.41, 5.74) is 14.0. The normalized spacial score (nSPS) is 10.6. The van der Waals surface area contributed by atoms with E-state index in [1.54, 1.807) is 0 Å². The van der Waals surface area contributed by atoms with Crippen LogP contribution in [-0.4, -0.2) is 4.98 Å². The van der Waals surface area contributed by atoms with Crippen LogP contribution in [0.1, 0.15) is 11.1 Å². The molecule has 1 aromatic heterocycles. The number of hydrazine groups is 1. The first kappa shape index (κ1) is 14.3. The van der Waals surface area contributed by atoms with E-state index in [0.717, 1.165) is 12.1 Å². The number of hydrogen-bond acceptors (Lipinski definition) is 5. The monoisotopic (exact) mass is 299 g/mol. The van der Waals surface area contributed by atoms with Gasteiger partial charge >= 0.3 is 0 Å². The number of nitrogens with two attached hydrogens (primary N) is 3. The van der Waals surface area contributed by atoms with Crippen molar-refractivity contribution in [1.82, 2.24) is 4.98 Å². The maximum atomic E-state index is 13.9. The molecule has 0 saturated carbocycles. The highest BCUT2D eigenvalue weighted by atomic mass is 35.5.